The van der Waals surface area contributed by atoms with Crippen molar-refractivity contribution in [3.05, 3.63) is 34.6 Å². The van der Waals surface area contributed by atoms with Gasteiger partial charge < -0.3 is 5.32 Å². The second-order valence-corrected chi connectivity index (χ2v) is 4.85. The molecule has 0 radical (unpaired) electrons. The number of hydrogen-bond acceptors (Lipinski definition) is 5. The Hall–Kier alpha value is -1.99. The minimum absolute atomic E-state index is 0.284. The van der Waals surface area contributed by atoms with Gasteiger partial charge >= 0.3 is 0 Å². The molecule has 2 N–H and O–H groups in total. The fourth-order valence-electron chi connectivity index (χ4n) is 1.71. The summed E-state index contributed by atoms with van der Waals surface area (Å²) < 4.78 is 8.25. The standard InChI is InChI=1S/C11H8ClN5OS/c1-5-6(4-13-15-5)11(18)14-9-7(12)2-3-8-10(9)17-19-16-8/h2-4H,1H3,(H,13,15)(H,14,18). The van der Waals surface area contributed by atoms with Crippen molar-refractivity contribution in [3.63, 3.8) is 0 Å². The molecule has 0 aliphatic rings. The lowest BCUT2D eigenvalue weighted by Crippen LogP contribution is -2.13. The number of rotatable bonds is 2. The van der Waals surface area contributed by atoms with Gasteiger partial charge in [-0.2, -0.15) is 13.8 Å². The second kappa shape index (κ2) is 4.60. The minimum Gasteiger partial charge on any atom is -0.319 e. The molecule has 2 heterocycles. The first-order valence-electron chi connectivity index (χ1n) is 5.39. The number of aromatic amines is 1. The Labute approximate surface area is 117 Å². The first kappa shape index (κ1) is 12.1. The monoisotopic (exact) mass is 293 g/mol. The normalized spacial score (nSPS) is 10.8. The van der Waals surface area contributed by atoms with Crippen LogP contribution in [0, 0.1) is 6.92 Å². The van der Waals surface area contributed by atoms with E-state index in [4.69, 9.17) is 11.6 Å². The SMILES string of the molecule is Cc1[nH]ncc1C(=O)Nc1c(Cl)ccc2nsnc12. The first-order chi connectivity index (χ1) is 9.16. The van der Waals surface area contributed by atoms with E-state index in [1.165, 1.54) is 6.20 Å². The Morgan fingerprint density at radius 3 is 3.00 bits per heavy atom. The van der Waals surface area contributed by atoms with Crippen molar-refractivity contribution in [2.45, 2.75) is 6.92 Å². The van der Waals surface area contributed by atoms with E-state index >= 15 is 0 Å². The van der Waals surface area contributed by atoms with E-state index in [1.54, 1.807) is 19.1 Å². The van der Waals surface area contributed by atoms with E-state index in [2.05, 4.69) is 24.3 Å². The lowest BCUT2D eigenvalue weighted by molar-refractivity contribution is 0.102. The molecule has 0 aliphatic carbocycles. The van der Waals surface area contributed by atoms with Crippen LogP contribution < -0.4 is 5.32 Å². The number of benzene rings is 1. The number of carbonyl (C=O) groups is 1. The van der Waals surface area contributed by atoms with E-state index in [1.807, 2.05) is 0 Å². The van der Waals surface area contributed by atoms with E-state index in [0.717, 1.165) is 11.7 Å². The van der Waals surface area contributed by atoms with Crippen LogP contribution in [0.25, 0.3) is 11.0 Å². The number of anilines is 1. The highest BCUT2D eigenvalue weighted by Gasteiger charge is 2.16. The van der Waals surface area contributed by atoms with Gasteiger partial charge in [-0.05, 0) is 19.1 Å². The van der Waals surface area contributed by atoms with Crippen LogP contribution in [0.3, 0.4) is 0 Å². The van der Waals surface area contributed by atoms with Crippen molar-refractivity contribution in [1.82, 2.24) is 18.9 Å². The molecule has 0 saturated heterocycles. The number of aromatic nitrogens is 4. The molecule has 0 spiro atoms. The molecule has 0 unspecified atom stereocenters. The van der Waals surface area contributed by atoms with Gasteiger partial charge in [0.2, 0.25) is 0 Å². The number of nitrogens with zero attached hydrogens (tertiary/aromatic N) is 3. The summed E-state index contributed by atoms with van der Waals surface area (Å²) in [4.78, 5) is 12.1. The third-order valence-corrected chi connectivity index (χ3v) is 3.55. The molecule has 0 saturated carbocycles. The number of amides is 1. The van der Waals surface area contributed by atoms with Crippen molar-refractivity contribution < 1.29 is 4.79 Å². The number of aryl methyl sites for hydroxylation is 1. The van der Waals surface area contributed by atoms with Gasteiger partial charge in [0.25, 0.3) is 5.91 Å². The van der Waals surface area contributed by atoms with Gasteiger partial charge in [-0.25, -0.2) is 0 Å². The number of hydrogen-bond donors (Lipinski definition) is 2. The molecule has 3 rings (SSSR count). The van der Waals surface area contributed by atoms with Crippen LogP contribution in [0.1, 0.15) is 16.1 Å². The molecule has 2 aromatic heterocycles. The average Bonchev–Trinajstić information content (AvgIpc) is 3.01. The van der Waals surface area contributed by atoms with Gasteiger partial charge in [0.05, 0.1) is 34.2 Å². The van der Waals surface area contributed by atoms with Crippen molar-refractivity contribution in [2.75, 3.05) is 5.32 Å². The lowest BCUT2D eigenvalue weighted by atomic mass is 10.2. The minimum atomic E-state index is -0.284. The Balaban J connectivity index is 2.02. The zero-order valence-corrected chi connectivity index (χ0v) is 11.3. The largest absolute Gasteiger partial charge is 0.319 e. The van der Waals surface area contributed by atoms with Gasteiger partial charge in [-0.15, -0.1) is 0 Å². The van der Waals surface area contributed by atoms with Crippen molar-refractivity contribution in [2.24, 2.45) is 0 Å². The molecule has 0 atom stereocenters. The van der Waals surface area contributed by atoms with Crippen LogP contribution in [-0.2, 0) is 0 Å². The molecule has 3 aromatic rings. The van der Waals surface area contributed by atoms with Crippen LogP contribution in [0.5, 0.6) is 0 Å². The highest BCUT2D eigenvalue weighted by atomic mass is 35.5. The highest BCUT2D eigenvalue weighted by Crippen LogP contribution is 2.30. The maximum Gasteiger partial charge on any atom is 0.259 e. The summed E-state index contributed by atoms with van der Waals surface area (Å²) in [5.74, 6) is -0.284. The summed E-state index contributed by atoms with van der Waals surface area (Å²) in [6.45, 7) is 1.77. The number of H-pyrrole nitrogens is 1. The predicted octanol–water partition coefficient (Wildman–Crippen LogP) is 2.63. The maximum absolute atomic E-state index is 12.1. The van der Waals surface area contributed by atoms with Crippen LogP contribution in [0.2, 0.25) is 5.02 Å². The molecule has 96 valence electrons. The quantitative estimate of drug-likeness (QED) is 0.761. The number of carbonyl (C=O) groups excluding carboxylic acids is 1. The third-order valence-electron chi connectivity index (χ3n) is 2.69. The topological polar surface area (TPSA) is 83.6 Å². The summed E-state index contributed by atoms with van der Waals surface area (Å²) in [6, 6.07) is 3.45. The average molecular weight is 294 g/mol. The molecule has 19 heavy (non-hydrogen) atoms. The number of nitrogens with one attached hydrogen (secondary N) is 2. The fourth-order valence-corrected chi connectivity index (χ4v) is 2.45. The summed E-state index contributed by atoms with van der Waals surface area (Å²) in [5.41, 5.74) is 2.92. The molecular weight excluding hydrogens is 286 g/mol. The van der Waals surface area contributed by atoms with Crippen LogP contribution in [0.15, 0.2) is 18.3 Å². The smallest absolute Gasteiger partial charge is 0.259 e. The van der Waals surface area contributed by atoms with Crippen LogP contribution in [0.4, 0.5) is 5.69 Å². The fraction of sp³-hybridized carbons (Fsp3) is 0.0909. The number of halogens is 1. The zero-order valence-electron chi connectivity index (χ0n) is 9.77. The van der Waals surface area contributed by atoms with Crippen LogP contribution >= 0.6 is 23.3 Å². The molecule has 8 heteroatoms. The van der Waals surface area contributed by atoms with Crippen molar-refractivity contribution in [1.29, 1.82) is 0 Å². The van der Waals surface area contributed by atoms with E-state index in [-0.39, 0.29) is 5.91 Å². The molecule has 1 amide bonds. The number of fused-ring (bicyclic) bond motifs is 1. The van der Waals surface area contributed by atoms with Gasteiger partial charge in [0.15, 0.2) is 0 Å². The second-order valence-electron chi connectivity index (χ2n) is 3.92. The predicted molar refractivity (Wildman–Crippen MR) is 73.7 cm³/mol. The van der Waals surface area contributed by atoms with Crippen LogP contribution in [-0.4, -0.2) is 24.9 Å². The Kier molecular flexibility index (Phi) is 2.92. The third kappa shape index (κ3) is 2.06. The van der Waals surface area contributed by atoms with E-state index < -0.39 is 0 Å². The van der Waals surface area contributed by atoms with Crippen molar-refractivity contribution in [3.8, 4) is 0 Å². The van der Waals surface area contributed by atoms with Gasteiger partial charge in [0.1, 0.15) is 11.0 Å². The molecule has 6 nitrogen and oxygen atoms in total. The summed E-state index contributed by atoms with van der Waals surface area (Å²) in [5, 5.41) is 9.71. The summed E-state index contributed by atoms with van der Waals surface area (Å²) >= 11 is 7.18. The first-order valence-corrected chi connectivity index (χ1v) is 6.49. The van der Waals surface area contributed by atoms with E-state index in [9.17, 15) is 4.79 Å². The van der Waals surface area contributed by atoms with Gasteiger partial charge in [0, 0.05) is 5.69 Å². The maximum atomic E-state index is 12.1. The Morgan fingerprint density at radius 2 is 2.26 bits per heavy atom. The molecular formula is C11H8ClN5OS. The molecule has 0 aliphatic heterocycles. The molecule has 0 bridgehead atoms. The zero-order chi connectivity index (χ0) is 13.4. The summed E-state index contributed by atoms with van der Waals surface area (Å²) in [6.07, 6.45) is 1.47. The Morgan fingerprint density at radius 1 is 1.42 bits per heavy atom. The van der Waals surface area contributed by atoms with Crippen molar-refractivity contribution >= 4 is 46.0 Å². The highest BCUT2D eigenvalue weighted by molar-refractivity contribution is 7.00. The molecule has 1 aromatic carbocycles. The Bertz CT molecular complexity index is 765. The lowest BCUT2D eigenvalue weighted by Gasteiger charge is -2.06. The van der Waals surface area contributed by atoms with E-state index in [0.29, 0.717) is 33.0 Å². The van der Waals surface area contributed by atoms with Gasteiger partial charge in [-0.1, -0.05) is 11.6 Å². The molecule has 0 fully saturated rings. The van der Waals surface area contributed by atoms with Gasteiger partial charge in [-0.3, -0.25) is 9.89 Å². The summed E-state index contributed by atoms with van der Waals surface area (Å²) in [7, 11) is 0.